The molecule has 0 amide bonds. The van der Waals surface area contributed by atoms with E-state index in [0.29, 0.717) is 0 Å². The monoisotopic (exact) mass is 615 g/mol. The highest BCUT2D eigenvalue weighted by Crippen LogP contribution is 2.45. The van der Waals surface area contributed by atoms with Crippen molar-refractivity contribution in [3.05, 3.63) is 187 Å². The predicted molar refractivity (Wildman–Crippen MR) is 202 cm³/mol. The lowest BCUT2D eigenvalue weighted by Crippen LogP contribution is -2.19. The summed E-state index contributed by atoms with van der Waals surface area (Å²) in [7, 11) is 0. The van der Waals surface area contributed by atoms with Gasteiger partial charge in [0, 0.05) is 27.7 Å². The van der Waals surface area contributed by atoms with E-state index in [-0.39, 0.29) is 0 Å². The Morgan fingerprint density at radius 2 is 1.12 bits per heavy atom. The van der Waals surface area contributed by atoms with Crippen molar-refractivity contribution in [1.29, 1.82) is 0 Å². The first kappa shape index (κ1) is 28.1. The second kappa shape index (κ2) is 11.9. The number of hydrogen-bond donors (Lipinski definition) is 0. The predicted octanol–water partition coefficient (Wildman–Crippen LogP) is 13.0. The first-order valence-corrected chi connectivity index (χ1v) is 16.7. The highest BCUT2D eigenvalue weighted by molar-refractivity contribution is 6.09. The maximum Gasteiger partial charge on any atom is 0.136 e. The lowest BCUT2D eigenvalue weighted by molar-refractivity contribution is 0.669. The molecule has 2 nitrogen and oxygen atoms in total. The smallest absolute Gasteiger partial charge is 0.136 e. The Morgan fingerprint density at radius 3 is 1.94 bits per heavy atom. The number of nitrogens with zero attached hydrogens (tertiary/aromatic N) is 1. The molecule has 1 aliphatic rings. The molecular weight excluding hydrogens is 583 g/mol. The van der Waals surface area contributed by atoms with Crippen molar-refractivity contribution in [1.82, 2.24) is 0 Å². The van der Waals surface area contributed by atoms with Crippen molar-refractivity contribution in [3.8, 4) is 22.3 Å². The van der Waals surface area contributed by atoms with Crippen LogP contribution in [0.5, 0.6) is 0 Å². The average Bonchev–Trinajstić information content (AvgIpc) is 3.54. The number of allylic oxidation sites excluding steroid dienone is 4. The third-order valence-electron chi connectivity index (χ3n) is 9.53. The van der Waals surface area contributed by atoms with Gasteiger partial charge in [0.2, 0.25) is 0 Å². The summed E-state index contributed by atoms with van der Waals surface area (Å²) in [4.78, 5) is 2.48. The fourth-order valence-corrected chi connectivity index (χ4v) is 7.22. The molecule has 0 bridgehead atoms. The molecule has 0 atom stereocenters. The first-order chi connectivity index (χ1) is 23.8. The zero-order valence-electron chi connectivity index (χ0n) is 26.5. The molecule has 2 heteroatoms. The maximum atomic E-state index is 6.41. The van der Waals surface area contributed by atoms with Gasteiger partial charge in [0.05, 0.1) is 5.69 Å². The van der Waals surface area contributed by atoms with Gasteiger partial charge in [0.15, 0.2) is 0 Å². The summed E-state index contributed by atoms with van der Waals surface area (Å²) in [5, 5.41) is 4.71. The van der Waals surface area contributed by atoms with Crippen LogP contribution in [0, 0.1) is 0 Å². The van der Waals surface area contributed by atoms with Crippen LogP contribution >= 0.6 is 0 Å². The first-order valence-electron chi connectivity index (χ1n) is 16.7. The van der Waals surface area contributed by atoms with Crippen molar-refractivity contribution in [2.75, 3.05) is 4.90 Å². The molecule has 0 spiro atoms. The molecule has 0 fully saturated rings. The maximum absolute atomic E-state index is 6.41. The normalized spacial score (nSPS) is 13.1. The second-order valence-electron chi connectivity index (χ2n) is 12.4. The Balaban J connectivity index is 1.27. The van der Waals surface area contributed by atoms with Gasteiger partial charge in [-0.3, -0.25) is 0 Å². The Bertz CT molecular complexity index is 2480. The summed E-state index contributed by atoms with van der Waals surface area (Å²) in [5.74, 6) is 0. The van der Waals surface area contributed by atoms with E-state index < -0.39 is 0 Å². The quantitative estimate of drug-likeness (QED) is 0.185. The Kier molecular flexibility index (Phi) is 6.98. The molecule has 0 saturated carbocycles. The van der Waals surface area contributed by atoms with Gasteiger partial charge in [0.25, 0.3) is 0 Å². The van der Waals surface area contributed by atoms with E-state index >= 15 is 0 Å². The fraction of sp³-hybridized carbons (Fsp3) is 0.0435. The second-order valence-corrected chi connectivity index (χ2v) is 12.4. The van der Waals surface area contributed by atoms with E-state index in [4.69, 9.17) is 4.42 Å². The zero-order chi connectivity index (χ0) is 31.9. The molecule has 228 valence electrons. The lowest BCUT2D eigenvalue weighted by Gasteiger charge is -2.32. The van der Waals surface area contributed by atoms with E-state index in [2.05, 4.69) is 169 Å². The highest BCUT2D eigenvalue weighted by Gasteiger charge is 2.23. The molecule has 7 aromatic carbocycles. The summed E-state index contributed by atoms with van der Waals surface area (Å²) in [6.07, 6.45) is 6.66. The Hall–Kier alpha value is -6.12. The summed E-state index contributed by atoms with van der Waals surface area (Å²) < 4.78 is 6.41. The minimum absolute atomic E-state index is 0.900. The minimum Gasteiger partial charge on any atom is -0.456 e. The van der Waals surface area contributed by atoms with Gasteiger partial charge in [-0.15, -0.1) is 0 Å². The number of hydrogen-bond acceptors (Lipinski definition) is 2. The van der Waals surface area contributed by atoms with Crippen molar-refractivity contribution >= 4 is 49.7 Å². The van der Waals surface area contributed by atoms with E-state index in [0.717, 1.165) is 51.7 Å². The molecule has 1 aromatic heterocycles. The Morgan fingerprint density at radius 1 is 0.479 bits per heavy atom. The molecular formula is C46H33NO. The van der Waals surface area contributed by atoms with E-state index in [1.165, 1.54) is 44.3 Å². The van der Waals surface area contributed by atoms with Crippen LogP contribution in [0.1, 0.15) is 18.4 Å². The van der Waals surface area contributed by atoms with E-state index in [1.807, 2.05) is 12.1 Å². The van der Waals surface area contributed by atoms with Crippen LogP contribution in [0.25, 0.3) is 60.5 Å². The van der Waals surface area contributed by atoms with Crippen molar-refractivity contribution in [3.63, 3.8) is 0 Å². The van der Waals surface area contributed by atoms with Gasteiger partial charge in [-0.1, -0.05) is 133 Å². The SMILES string of the molecule is C1=C(c2ccccc2)C=C(N(c2ccc(-c3ccccc3)cc2)c2ccc3ccccc3c2-c2ccc3c(c2)oc2ccccc23)CC1. The number of rotatable bonds is 6. The van der Waals surface area contributed by atoms with Gasteiger partial charge in [0.1, 0.15) is 11.2 Å². The number of furan rings is 1. The summed E-state index contributed by atoms with van der Waals surface area (Å²) in [6.45, 7) is 0. The largest absolute Gasteiger partial charge is 0.456 e. The summed E-state index contributed by atoms with van der Waals surface area (Å²) in [5.41, 5.74) is 12.6. The molecule has 0 unspecified atom stereocenters. The van der Waals surface area contributed by atoms with E-state index in [9.17, 15) is 0 Å². The van der Waals surface area contributed by atoms with Crippen LogP contribution in [0.4, 0.5) is 11.4 Å². The molecule has 0 radical (unpaired) electrons. The van der Waals surface area contributed by atoms with Crippen LogP contribution in [0.3, 0.4) is 0 Å². The van der Waals surface area contributed by atoms with Gasteiger partial charge in [-0.2, -0.15) is 0 Å². The molecule has 9 rings (SSSR count). The number of fused-ring (bicyclic) bond motifs is 4. The third-order valence-corrected chi connectivity index (χ3v) is 9.53. The van der Waals surface area contributed by atoms with Crippen LogP contribution in [-0.2, 0) is 0 Å². The van der Waals surface area contributed by atoms with Crippen LogP contribution in [-0.4, -0.2) is 0 Å². The van der Waals surface area contributed by atoms with Crippen molar-refractivity contribution in [2.24, 2.45) is 0 Å². The van der Waals surface area contributed by atoms with Crippen LogP contribution in [0.2, 0.25) is 0 Å². The third kappa shape index (κ3) is 4.99. The molecule has 48 heavy (non-hydrogen) atoms. The molecule has 1 heterocycles. The fourth-order valence-electron chi connectivity index (χ4n) is 7.22. The van der Waals surface area contributed by atoms with Crippen molar-refractivity contribution in [2.45, 2.75) is 12.8 Å². The number of anilines is 2. The summed E-state index contributed by atoms with van der Waals surface area (Å²) in [6, 6.07) is 58.6. The summed E-state index contributed by atoms with van der Waals surface area (Å²) >= 11 is 0. The number of para-hydroxylation sites is 1. The van der Waals surface area contributed by atoms with Gasteiger partial charge in [-0.05, 0) is 93.9 Å². The van der Waals surface area contributed by atoms with Crippen LogP contribution < -0.4 is 4.90 Å². The highest BCUT2D eigenvalue weighted by atomic mass is 16.3. The molecule has 0 aliphatic heterocycles. The lowest BCUT2D eigenvalue weighted by atomic mass is 9.92. The van der Waals surface area contributed by atoms with E-state index in [1.54, 1.807) is 0 Å². The average molecular weight is 616 g/mol. The minimum atomic E-state index is 0.900. The van der Waals surface area contributed by atoms with Crippen LogP contribution in [0.15, 0.2) is 186 Å². The standard InChI is InChI=1S/C46H33NO/c1-3-12-32(13-4-1)34-22-26-38(27-23-34)47(39-18-11-17-36(30-39)33-14-5-2-6-15-33)43-29-25-35-16-7-8-19-40(35)46(43)37-24-28-42-41-20-9-10-21-44(41)48-45(42)31-37/h1-10,12-17,19-31H,11,18H2. The van der Waals surface area contributed by atoms with Gasteiger partial charge >= 0.3 is 0 Å². The molecule has 0 N–H and O–H groups in total. The molecule has 0 saturated heterocycles. The topological polar surface area (TPSA) is 16.4 Å². The Labute approximate surface area is 280 Å². The zero-order valence-corrected chi connectivity index (χ0v) is 26.5. The molecule has 1 aliphatic carbocycles. The number of benzene rings is 7. The van der Waals surface area contributed by atoms with Gasteiger partial charge in [-0.25, -0.2) is 0 Å². The van der Waals surface area contributed by atoms with Gasteiger partial charge < -0.3 is 9.32 Å². The molecule has 8 aromatic rings. The van der Waals surface area contributed by atoms with Crippen molar-refractivity contribution < 1.29 is 4.42 Å².